The molecular weight excluding hydrogens is 785 g/mol. The second kappa shape index (κ2) is 14.7. The minimum absolute atomic E-state index is 0.322. The van der Waals surface area contributed by atoms with E-state index in [2.05, 4.69) is 242 Å². The fourth-order valence-corrected chi connectivity index (χ4v) is 11.8. The molecule has 13 rings (SSSR count). The van der Waals surface area contributed by atoms with Crippen LogP contribution in [-0.4, -0.2) is 4.57 Å². The Morgan fingerprint density at radius 2 is 1.06 bits per heavy atom. The number of nitrogens with zero attached hydrogens (tertiary/aromatic N) is 2. The number of benzene rings is 8. The lowest BCUT2D eigenvalue weighted by Crippen LogP contribution is -2.30. The van der Waals surface area contributed by atoms with Gasteiger partial charge in [0.25, 0.3) is 0 Å². The molecule has 0 amide bonds. The van der Waals surface area contributed by atoms with E-state index >= 15 is 0 Å². The maximum Gasteiger partial charge on any atom is 0.0686 e. The van der Waals surface area contributed by atoms with Crippen molar-refractivity contribution in [3.8, 4) is 27.9 Å². The van der Waals surface area contributed by atoms with Crippen molar-refractivity contribution >= 4 is 50.0 Å². The van der Waals surface area contributed by atoms with Crippen molar-refractivity contribution < 1.29 is 0 Å². The molecule has 2 nitrogen and oxygen atoms in total. The van der Waals surface area contributed by atoms with Crippen molar-refractivity contribution in [2.45, 2.75) is 32.1 Å². The number of para-hydroxylation sites is 2. The van der Waals surface area contributed by atoms with Gasteiger partial charge < -0.3 is 9.47 Å². The van der Waals surface area contributed by atoms with E-state index in [1.54, 1.807) is 5.57 Å². The Morgan fingerprint density at radius 3 is 1.85 bits per heavy atom. The Labute approximate surface area is 381 Å². The van der Waals surface area contributed by atoms with Crippen molar-refractivity contribution in [2.24, 2.45) is 11.8 Å². The predicted molar refractivity (Wildman–Crippen MR) is 273 cm³/mol. The van der Waals surface area contributed by atoms with Crippen LogP contribution in [0.1, 0.15) is 48.9 Å². The van der Waals surface area contributed by atoms with Gasteiger partial charge in [0.05, 0.1) is 16.4 Å². The summed E-state index contributed by atoms with van der Waals surface area (Å²) in [5, 5.41) is 2.52. The first-order chi connectivity index (χ1) is 32.0. The van der Waals surface area contributed by atoms with Gasteiger partial charge in [-0.25, -0.2) is 0 Å². The standard InChI is InChI=1S/C63H48N2/c1-41-22-35-58-55(37-41)53-34-32-50(40-60(53)63(58)57-19-11-9-17-51(57)52-33-21-42(2)38-59(52)63)64(48-28-23-44(24-29-48)43-13-5-3-6-14-43)49-30-25-45(26-31-49)46-27-36-62-56(39-46)54-18-10-12-20-61(54)65(62)47-15-7-4-8-16-47/h3-36,39-42H,37-38H2,1-2H3. The number of aromatic nitrogens is 1. The minimum Gasteiger partial charge on any atom is -0.310 e. The molecule has 1 spiro atoms. The molecule has 0 fully saturated rings. The van der Waals surface area contributed by atoms with Crippen LogP contribution < -0.4 is 4.90 Å². The Kier molecular flexibility index (Phi) is 8.55. The average molecular weight is 833 g/mol. The fraction of sp³-hybridized carbons (Fsp3) is 0.111. The number of allylic oxidation sites excluding steroid dienone is 8. The third-order valence-corrected chi connectivity index (χ3v) is 14.7. The zero-order valence-electron chi connectivity index (χ0n) is 36.7. The second-order valence-corrected chi connectivity index (χ2v) is 18.6. The molecule has 0 saturated heterocycles. The summed E-state index contributed by atoms with van der Waals surface area (Å²) in [5.41, 5.74) is 23.1. The van der Waals surface area contributed by atoms with Gasteiger partial charge in [0.1, 0.15) is 0 Å². The SMILES string of the molecule is CC1C=CC2=C(C1)c1ccc(N(c3ccc(-c4ccccc4)cc3)c3ccc(-c4ccc5c(c4)c4ccccc4n5-c4ccccc4)cc3)cc1C21C2=C(C=CC(C)C2)c2ccccc21. The van der Waals surface area contributed by atoms with Crippen LogP contribution in [0.4, 0.5) is 17.1 Å². The van der Waals surface area contributed by atoms with Crippen LogP contribution in [0.3, 0.4) is 0 Å². The van der Waals surface area contributed by atoms with Gasteiger partial charge in [0.2, 0.25) is 0 Å². The molecule has 0 N–H and O–H groups in total. The molecule has 4 aliphatic rings. The predicted octanol–water partition coefficient (Wildman–Crippen LogP) is 16.6. The number of hydrogen-bond donors (Lipinski definition) is 0. The molecule has 0 aliphatic heterocycles. The van der Waals surface area contributed by atoms with E-state index in [1.807, 2.05) is 0 Å². The van der Waals surface area contributed by atoms with Gasteiger partial charge in [-0.1, -0.05) is 166 Å². The monoisotopic (exact) mass is 832 g/mol. The van der Waals surface area contributed by atoms with Crippen molar-refractivity contribution in [3.63, 3.8) is 0 Å². The first-order valence-electron chi connectivity index (χ1n) is 23.3. The maximum absolute atomic E-state index is 2.55. The first kappa shape index (κ1) is 37.8. The normalized spacial score (nSPS) is 19.2. The summed E-state index contributed by atoms with van der Waals surface area (Å²) in [6, 6.07) is 72.1. The lowest BCUT2D eigenvalue weighted by atomic mass is 9.65. The summed E-state index contributed by atoms with van der Waals surface area (Å²) in [7, 11) is 0. The fourth-order valence-electron chi connectivity index (χ4n) is 11.8. The van der Waals surface area contributed by atoms with Crippen molar-refractivity contribution in [1.82, 2.24) is 4.57 Å². The first-order valence-corrected chi connectivity index (χ1v) is 23.3. The Bertz CT molecular complexity index is 3490. The van der Waals surface area contributed by atoms with E-state index in [-0.39, 0.29) is 5.41 Å². The Hall–Kier alpha value is -7.68. The third-order valence-electron chi connectivity index (χ3n) is 14.7. The molecule has 65 heavy (non-hydrogen) atoms. The second-order valence-electron chi connectivity index (χ2n) is 18.6. The molecular formula is C63H48N2. The number of anilines is 3. The van der Waals surface area contributed by atoms with Crippen molar-refractivity contribution in [2.75, 3.05) is 4.90 Å². The Morgan fingerprint density at radius 1 is 0.462 bits per heavy atom. The smallest absolute Gasteiger partial charge is 0.0686 e. The average Bonchev–Trinajstić information content (AvgIpc) is 3.95. The van der Waals surface area contributed by atoms with Gasteiger partial charge in [-0.15, -0.1) is 0 Å². The highest BCUT2D eigenvalue weighted by molar-refractivity contribution is 6.10. The van der Waals surface area contributed by atoms with E-state index in [1.165, 1.54) is 94.4 Å². The number of fused-ring (bicyclic) bond motifs is 11. The van der Waals surface area contributed by atoms with E-state index in [0.29, 0.717) is 11.8 Å². The highest BCUT2D eigenvalue weighted by Gasteiger charge is 2.54. The summed E-state index contributed by atoms with van der Waals surface area (Å²) in [6.45, 7) is 4.74. The molecule has 2 heteroatoms. The summed E-state index contributed by atoms with van der Waals surface area (Å²) < 4.78 is 2.38. The summed E-state index contributed by atoms with van der Waals surface area (Å²) >= 11 is 0. The largest absolute Gasteiger partial charge is 0.310 e. The van der Waals surface area contributed by atoms with E-state index in [0.717, 1.165) is 24.2 Å². The van der Waals surface area contributed by atoms with Crippen LogP contribution in [0.2, 0.25) is 0 Å². The molecule has 3 atom stereocenters. The molecule has 0 saturated carbocycles. The molecule has 9 aromatic rings. The molecule has 1 aromatic heterocycles. The summed E-state index contributed by atoms with van der Waals surface area (Å²) in [5.74, 6) is 0.970. The highest BCUT2D eigenvalue weighted by atomic mass is 15.1. The number of rotatable bonds is 6. The van der Waals surface area contributed by atoms with Crippen LogP contribution in [-0.2, 0) is 5.41 Å². The molecule has 0 radical (unpaired) electrons. The number of hydrogen-bond acceptors (Lipinski definition) is 1. The highest BCUT2D eigenvalue weighted by Crippen LogP contribution is 2.65. The van der Waals surface area contributed by atoms with Crippen LogP contribution in [0.5, 0.6) is 0 Å². The molecule has 310 valence electrons. The lowest BCUT2D eigenvalue weighted by Gasteiger charge is -2.37. The van der Waals surface area contributed by atoms with Crippen molar-refractivity contribution in [3.05, 3.63) is 252 Å². The van der Waals surface area contributed by atoms with Gasteiger partial charge in [-0.2, -0.15) is 0 Å². The molecule has 4 aliphatic carbocycles. The Balaban J connectivity index is 0.965. The molecule has 8 aromatic carbocycles. The van der Waals surface area contributed by atoms with Gasteiger partial charge >= 0.3 is 0 Å². The van der Waals surface area contributed by atoms with E-state index in [9.17, 15) is 0 Å². The van der Waals surface area contributed by atoms with E-state index in [4.69, 9.17) is 0 Å². The van der Waals surface area contributed by atoms with Gasteiger partial charge in [0, 0.05) is 33.5 Å². The van der Waals surface area contributed by atoms with Crippen molar-refractivity contribution in [1.29, 1.82) is 0 Å². The minimum atomic E-state index is -0.322. The third kappa shape index (κ3) is 5.73. The maximum atomic E-state index is 2.55. The molecule has 1 heterocycles. The van der Waals surface area contributed by atoms with Crippen LogP contribution in [0, 0.1) is 11.8 Å². The van der Waals surface area contributed by atoms with Crippen LogP contribution in [0.25, 0.3) is 60.9 Å². The lowest BCUT2D eigenvalue weighted by molar-refractivity contribution is 0.624. The molecule has 3 unspecified atom stereocenters. The van der Waals surface area contributed by atoms with Gasteiger partial charge in [-0.3, -0.25) is 0 Å². The van der Waals surface area contributed by atoms with Gasteiger partial charge in [0.15, 0.2) is 0 Å². The molecule has 0 bridgehead atoms. The zero-order valence-corrected chi connectivity index (χ0v) is 36.7. The zero-order chi connectivity index (χ0) is 43.2. The van der Waals surface area contributed by atoms with Crippen LogP contribution >= 0.6 is 0 Å². The summed E-state index contributed by atoms with van der Waals surface area (Å²) in [4.78, 5) is 2.47. The van der Waals surface area contributed by atoms with Crippen LogP contribution in [0.15, 0.2) is 230 Å². The quantitative estimate of drug-likeness (QED) is 0.162. The summed E-state index contributed by atoms with van der Waals surface area (Å²) in [6.07, 6.45) is 11.9. The van der Waals surface area contributed by atoms with Gasteiger partial charge in [-0.05, 0) is 158 Å². The topological polar surface area (TPSA) is 8.17 Å². The van der Waals surface area contributed by atoms with E-state index < -0.39 is 0 Å².